The van der Waals surface area contributed by atoms with Crippen LogP contribution in [0, 0.1) is 0 Å². The summed E-state index contributed by atoms with van der Waals surface area (Å²) in [4.78, 5) is 12.6. The van der Waals surface area contributed by atoms with Gasteiger partial charge in [0, 0.05) is 5.25 Å². The van der Waals surface area contributed by atoms with Gasteiger partial charge in [-0.3, -0.25) is 4.79 Å². The molecule has 0 spiro atoms. The average Bonchev–Trinajstić information content (AvgIpc) is 2.75. The maximum absolute atomic E-state index is 12.6. The van der Waals surface area contributed by atoms with Gasteiger partial charge in [-0.1, -0.05) is 25.1 Å². The summed E-state index contributed by atoms with van der Waals surface area (Å²) in [5, 5.41) is 6.52. The molecule has 1 atom stereocenters. The molecule has 0 saturated carbocycles. The summed E-state index contributed by atoms with van der Waals surface area (Å²) in [7, 11) is 0. The summed E-state index contributed by atoms with van der Waals surface area (Å²) in [6.45, 7) is 4.13. The Bertz CT molecular complexity index is 595. The molecule has 0 bridgehead atoms. The van der Waals surface area contributed by atoms with Gasteiger partial charge in [-0.15, -0.1) is 23.5 Å². The average molecular weight is 304 g/mol. The van der Waals surface area contributed by atoms with Gasteiger partial charge in [0.15, 0.2) is 0 Å². The van der Waals surface area contributed by atoms with Gasteiger partial charge in [0.05, 0.1) is 21.2 Å². The number of hydrogen-bond acceptors (Lipinski definition) is 4. The summed E-state index contributed by atoms with van der Waals surface area (Å²) in [6.07, 6.45) is 1.19. The molecule has 2 aliphatic rings. The topological polar surface area (TPSA) is 32.7 Å². The highest BCUT2D eigenvalue weighted by Gasteiger charge is 2.33. The number of thioether (sulfide) groups is 2. The number of amides is 1. The van der Waals surface area contributed by atoms with Crippen LogP contribution in [0.1, 0.15) is 20.3 Å². The van der Waals surface area contributed by atoms with Crippen molar-refractivity contribution in [3.63, 3.8) is 0 Å². The summed E-state index contributed by atoms with van der Waals surface area (Å²) in [5.41, 5.74) is 2.43. The molecule has 5 heteroatoms. The zero-order valence-corrected chi connectivity index (χ0v) is 13.1. The maximum atomic E-state index is 12.6. The van der Waals surface area contributed by atoms with Gasteiger partial charge in [0.1, 0.15) is 0 Å². The minimum Gasteiger partial charge on any atom is -0.267 e. The molecule has 2 heterocycles. The van der Waals surface area contributed by atoms with Crippen LogP contribution in [0.4, 0.5) is 5.69 Å². The number of hydrogen-bond donors (Lipinski definition) is 0. The fourth-order valence-corrected chi connectivity index (χ4v) is 5.36. The monoisotopic (exact) mass is 304 g/mol. The van der Waals surface area contributed by atoms with E-state index in [1.165, 1.54) is 11.4 Å². The Morgan fingerprint density at radius 2 is 2.05 bits per heavy atom. The molecular formula is C15H16N2OS2. The highest BCUT2D eigenvalue weighted by Crippen LogP contribution is 2.43. The van der Waals surface area contributed by atoms with Gasteiger partial charge in [0.2, 0.25) is 0 Å². The van der Waals surface area contributed by atoms with Gasteiger partial charge in [-0.2, -0.15) is 10.1 Å². The van der Waals surface area contributed by atoms with Gasteiger partial charge in [-0.05, 0) is 31.2 Å². The van der Waals surface area contributed by atoms with Crippen LogP contribution in [0.2, 0.25) is 0 Å². The number of carbonyl (C=O) groups is 1. The maximum Gasteiger partial charge on any atom is 0.282 e. The second kappa shape index (κ2) is 5.66. The molecule has 2 aliphatic heterocycles. The van der Waals surface area contributed by atoms with Crippen LogP contribution in [0.15, 0.2) is 45.2 Å². The van der Waals surface area contributed by atoms with Crippen molar-refractivity contribution >= 4 is 40.8 Å². The Kier molecular flexibility index (Phi) is 3.89. The fraction of sp³-hybridized carbons (Fsp3) is 0.333. The number of carbonyl (C=O) groups excluding carboxylic acids is 1. The molecule has 20 heavy (non-hydrogen) atoms. The van der Waals surface area contributed by atoms with E-state index < -0.39 is 0 Å². The number of benzene rings is 1. The molecule has 0 radical (unpaired) electrons. The largest absolute Gasteiger partial charge is 0.282 e. The van der Waals surface area contributed by atoms with E-state index in [0.717, 1.165) is 27.0 Å². The highest BCUT2D eigenvalue weighted by atomic mass is 32.2. The molecule has 1 unspecified atom stereocenters. The van der Waals surface area contributed by atoms with Crippen LogP contribution >= 0.6 is 23.5 Å². The van der Waals surface area contributed by atoms with Crippen molar-refractivity contribution in [1.82, 2.24) is 0 Å². The molecule has 3 nitrogen and oxygen atoms in total. The summed E-state index contributed by atoms with van der Waals surface area (Å²) < 4.78 is 1.13. The van der Waals surface area contributed by atoms with Crippen LogP contribution in [-0.2, 0) is 4.79 Å². The van der Waals surface area contributed by atoms with Crippen molar-refractivity contribution in [1.29, 1.82) is 0 Å². The predicted molar refractivity (Wildman–Crippen MR) is 88.2 cm³/mol. The van der Waals surface area contributed by atoms with E-state index in [9.17, 15) is 4.79 Å². The highest BCUT2D eigenvalue weighted by molar-refractivity contribution is 8.23. The van der Waals surface area contributed by atoms with Crippen molar-refractivity contribution < 1.29 is 4.79 Å². The normalized spacial score (nSPS) is 26.9. The first kappa shape index (κ1) is 13.8. The van der Waals surface area contributed by atoms with Gasteiger partial charge in [0.25, 0.3) is 5.91 Å². The van der Waals surface area contributed by atoms with Crippen molar-refractivity contribution in [2.24, 2.45) is 5.10 Å². The number of para-hydroxylation sites is 1. The van der Waals surface area contributed by atoms with Crippen molar-refractivity contribution in [3.05, 3.63) is 40.1 Å². The predicted octanol–water partition coefficient (Wildman–Crippen LogP) is 3.88. The fourth-order valence-electron chi connectivity index (χ4n) is 2.21. The van der Waals surface area contributed by atoms with Crippen LogP contribution in [0.25, 0.3) is 0 Å². The zero-order valence-electron chi connectivity index (χ0n) is 11.5. The lowest BCUT2D eigenvalue weighted by Gasteiger charge is -2.21. The molecule has 1 aromatic rings. The Morgan fingerprint density at radius 3 is 2.75 bits per heavy atom. The Morgan fingerprint density at radius 1 is 1.30 bits per heavy atom. The van der Waals surface area contributed by atoms with E-state index in [1.54, 1.807) is 23.5 Å². The molecule has 1 saturated heterocycles. The quantitative estimate of drug-likeness (QED) is 0.738. The van der Waals surface area contributed by atoms with Crippen LogP contribution in [0.5, 0.6) is 0 Å². The van der Waals surface area contributed by atoms with Crippen molar-refractivity contribution in [2.45, 2.75) is 25.5 Å². The van der Waals surface area contributed by atoms with Crippen LogP contribution < -0.4 is 5.01 Å². The first-order valence-electron chi connectivity index (χ1n) is 6.65. The van der Waals surface area contributed by atoms with Crippen molar-refractivity contribution in [2.75, 3.05) is 10.8 Å². The van der Waals surface area contributed by atoms with E-state index >= 15 is 0 Å². The second-order valence-corrected chi connectivity index (χ2v) is 7.68. The minimum atomic E-state index is -0.00204. The number of anilines is 1. The summed E-state index contributed by atoms with van der Waals surface area (Å²) in [5.74, 6) is 1.08. The van der Waals surface area contributed by atoms with Crippen molar-refractivity contribution in [3.8, 4) is 0 Å². The van der Waals surface area contributed by atoms with E-state index in [1.807, 2.05) is 37.3 Å². The van der Waals surface area contributed by atoms with Crippen LogP contribution in [0.3, 0.4) is 0 Å². The van der Waals surface area contributed by atoms with E-state index in [0.29, 0.717) is 5.25 Å². The lowest BCUT2D eigenvalue weighted by Crippen LogP contribution is -2.22. The second-order valence-electron chi connectivity index (χ2n) is 4.87. The van der Waals surface area contributed by atoms with Gasteiger partial charge >= 0.3 is 0 Å². The molecule has 104 valence electrons. The van der Waals surface area contributed by atoms with Gasteiger partial charge in [-0.25, -0.2) is 0 Å². The SMILES string of the molecule is CC1=NN(c2ccccc2)C(=O)/C1=C1/SCCC(C)S1. The lowest BCUT2D eigenvalue weighted by atomic mass is 10.2. The first-order chi connectivity index (χ1) is 9.66. The Labute approximate surface area is 127 Å². The Balaban J connectivity index is 1.95. The Hall–Kier alpha value is -1.20. The molecule has 1 aromatic carbocycles. The summed E-state index contributed by atoms with van der Waals surface area (Å²) >= 11 is 3.59. The molecular weight excluding hydrogens is 288 g/mol. The number of hydrazone groups is 1. The third-order valence-electron chi connectivity index (χ3n) is 3.29. The molecule has 0 aromatic heterocycles. The third-order valence-corrected chi connectivity index (χ3v) is 5.89. The molecule has 1 amide bonds. The van der Waals surface area contributed by atoms with E-state index in [2.05, 4.69) is 12.0 Å². The lowest BCUT2D eigenvalue weighted by molar-refractivity contribution is -0.114. The van der Waals surface area contributed by atoms with Gasteiger partial charge < -0.3 is 0 Å². The number of rotatable bonds is 1. The third kappa shape index (κ3) is 2.52. The van der Waals surface area contributed by atoms with E-state index in [-0.39, 0.29) is 5.91 Å². The first-order valence-corrected chi connectivity index (χ1v) is 8.52. The summed E-state index contributed by atoms with van der Waals surface area (Å²) in [6, 6.07) is 9.60. The minimum absolute atomic E-state index is 0.00204. The molecule has 1 fully saturated rings. The molecule has 0 aliphatic carbocycles. The molecule has 0 N–H and O–H groups in total. The van der Waals surface area contributed by atoms with E-state index in [4.69, 9.17) is 0 Å². The standard InChI is InChI=1S/C15H16N2OS2/c1-10-8-9-19-15(20-10)13-11(2)16-17(14(13)18)12-6-4-3-5-7-12/h3-7,10H,8-9H2,1-2H3/b15-13-. The smallest absolute Gasteiger partial charge is 0.267 e. The van der Waals surface area contributed by atoms with Crippen LogP contribution in [-0.4, -0.2) is 22.6 Å². The molecule has 3 rings (SSSR count). The number of nitrogens with zero attached hydrogens (tertiary/aromatic N) is 2. The zero-order chi connectivity index (χ0) is 14.1.